The number of carboxylic acids is 1. The molecule has 208 valence electrons. The number of allylic oxidation sites excluding steroid dienone is 2. The molecule has 38 heavy (non-hydrogen) atoms. The van der Waals surface area contributed by atoms with Crippen molar-refractivity contribution in [1.82, 2.24) is 0 Å². The van der Waals surface area contributed by atoms with Crippen LogP contribution in [0, 0.1) is 52.3 Å². The molecule has 0 radical (unpaired) electrons. The molecule has 0 aromatic heterocycles. The highest BCUT2D eigenvalue weighted by Crippen LogP contribution is 2.67. The summed E-state index contributed by atoms with van der Waals surface area (Å²) in [5.41, 5.74) is 3.96. The van der Waals surface area contributed by atoms with Crippen LogP contribution < -0.4 is 0 Å². The monoisotopic (exact) mass is 516 g/mol. The van der Waals surface area contributed by atoms with Crippen molar-refractivity contribution >= 4 is 12.0 Å². The highest BCUT2D eigenvalue weighted by molar-refractivity contribution is 5.92. The van der Waals surface area contributed by atoms with Crippen LogP contribution in [0.3, 0.4) is 0 Å². The van der Waals surface area contributed by atoms with Crippen molar-refractivity contribution < 1.29 is 9.90 Å². The van der Waals surface area contributed by atoms with E-state index in [9.17, 15) is 9.90 Å². The maximum atomic E-state index is 12.3. The first-order chi connectivity index (χ1) is 18.1. The first-order valence-corrected chi connectivity index (χ1v) is 15.8. The fourth-order valence-corrected chi connectivity index (χ4v) is 10.0. The quantitative estimate of drug-likeness (QED) is 0.276. The van der Waals surface area contributed by atoms with E-state index in [-0.39, 0.29) is 11.3 Å². The van der Waals surface area contributed by atoms with Gasteiger partial charge >= 0.3 is 5.97 Å². The third kappa shape index (κ3) is 5.06. The number of carbonyl (C=O) groups is 1. The van der Waals surface area contributed by atoms with Gasteiger partial charge in [0.25, 0.3) is 0 Å². The third-order valence-electron chi connectivity index (χ3n) is 12.1. The fourth-order valence-electron chi connectivity index (χ4n) is 10.0. The minimum atomic E-state index is -0.746. The van der Waals surface area contributed by atoms with Crippen LogP contribution in [0.25, 0.3) is 6.08 Å². The van der Waals surface area contributed by atoms with Gasteiger partial charge in [-0.25, -0.2) is 4.79 Å². The zero-order valence-corrected chi connectivity index (χ0v) is 24.7. The largest absolute Gasteiger partial charge is 0.478 e. The van der Waals surface area contributed by atoms with Crippen molar-refractivity contribution in [2.24, 2.45) is 52.3 Å². The van der Waals surface area contributed by atoms with Crippen molar-refractivity contribution in [2.45, 2.75) is 105 Å². The van der Waals surface area contributed by atoms with Crippen molar-refractivity contribution in [3.05, 3.63) is 53.1 Å². The predicted molar refractivity (Wildman–Crippen MR) is 159 cm³/mol. The molecule has 4 aliphatic rings. The lowest BCUT2D eigenvalue weighted by atomic mass is 9.46. The third-order valence-corrected chi connectivity index (χ3v) is 12.1. The zero-order chi connectivity index (χ0) is 27.1. The average Bonchev–Trinajstić information content (AvgIpc) is 3.24. The van der Waals surface area contributed by atoms with Crippen LogP contribution in [0.1, 0.15) is 111 Å². The molecule has 4 unspecified atom stereocenters. The molecule has 0 heterocycles. The van der Waals surface area contributed by atoms with Crippen LogP contribution in [-0.4, -0.2) is 11.1 Å². The van der Waals surface area contributed by atoms with Crippen LogP contribution in [-0.2, 0) is 4.79 Å². The minimum absolute atomic E-state index is 0.125. The second-order valence-electron chi connectivity index (χ2n) is 14.5. The van der Waals surface area contributed by atoms with Gasteiger partial charge in [0, 0.05) is 5.57 Å². The van der Waals surface area contributed by atoms with Gasteiger partial charge in [0.15, 0.2) is 0 Å². The van der Waals surface area contributed by atoms with Crippen LogP contribution in [0.2, 0.25) is 0 Å². The Labute approximate surface area is 232 Å². The predicted octanol–water partition coefficient (Wildman–Crippen LogP) is 9.81. The lowest BCUT2D eigenvalue weighted by Gasteiger charge is -2.58. The molecule has 1 N–H and O–H groups in total. The first kappa shape index (κ1) is 27.7. The number of fused-ring (bicyclic) bond motifs is 5. The van der Waals surface area contributed by atoms with Crippen molar-refractivity contribution in [2.75, 3.05) is 0 Å². The number of benzene rings is 1. The summed E-state index contributed by atoms with van der Waals surface area (Å²) in [6.45, 7) is 12.5. The minimum Gasteiger partial charge on any atom is -0.478 e. The van der Waals surface area contributed by atoms with Gasteiger partial charge in [-0.1, -0.05) is 95.9 Å². The van der Waals surface area contributed by atoms with Gasteiger partial charge in [0.1, 0.15) is 0 Å². The highest BCUT2D eigenvalue weighted by atomic mass is 16.4. The normalized spacial score (nSPS) is 37.7. The molecule has 3 saturated carbocycles. The molecule has 1 aromatic rings. The van der Waals surface area contributed by atoms with E-state index in [4.69, 9.17) is 0 Å². The van der Waals surface area contributed by atoms with E-state index in [0.29, 0.717) is 11.0 Å². The zero-order valence-electron chi connectivity index (χ0n) is 24.7. The molecule has 0 bridgehead atoms. The molecule has 0 amide bonds. The average molecular weight is 517 g/mol. The summed E-state index contributed by atoms with van der Waals surface area (Å²) in [6, 6.07) is 10.00. The Hall–Kier alpha value is -1.83. The molecule has 1 aromatic carbocycles. The second kappa shape index (κ2) is 11.0. The smallest absolute Gasteiger partial charge is 0.331 e. The van der Waals surface area contributed by atoms with Gasteiger partial charge in [0.2, 0.25) is 0 Å². The summed E-state index contributed by atoms with van der Waals surface area (Å²) < 4.78 is 0. The lowest BCUT2D eigenvalue weighted by Crippen LogP contribution is -2.50. The van der Waals surface area contributed by atoms with Gasteiger partial charge in [-0.05, 0) is 115 Å². The lowest BCUT2D eigenvalue weighted by molar-refractivity contribution is -0.133. The van der Waals surface area contributed by atoms with Gasteiger partial charge in [0.05, 0.1) is 0 Å². The van der Waals surface area contributed by atoms with Gasteiger partial charge in [-0.15, -0.1) is 0 Å². The van der Waals surface area contributed by atoms with Crippen molar-refractivity contribution in [3.8, 4) is 0 Å². The molecular formula is C36H52O2. The van der Waals surface area contributed by atoms with Crippen molar-refractivity contribution in [1.29, 1.82) is 0 Å². The maximum absolute atomic E-state index is 12.3. The number of carboxylic acid groups (broad SMARTS) is 1. The molecule has 5 rings (SSSR count). The van der Waals surface area contributed by atoms with Crippen molar-refractivity contribution in [3.63, 3.8) is 0 Å². The van der Waals surface area contributed by atoms with Crippen LogP contribution in [0.15, 0.2) is 47.6 Å². The van der Waals surface area contributed by atoms with Crippen LogP contribution in [0.5, 0.6) is 0 Å². The van der Waals surface area contributed by atoms with E-state index in [2.05, 4.69) is 40.7 Å². The summed E-state index contributed by atoms with van der Waals surface area (Å²) in [5.74, 6) is 4.43. The van der Waals surface area contributed by atoms with E-state index in [1.54, 1.807) is 5.57 Å². The summed E-state index contributed by atoms with van der Waals surface area (Å²) in [4.78, 5) is 12.3. The van der Waals surface area contributed by atoms with Gasteiger partial charge in [-0.3, -0.25) is 0 Å². The topological polar surface area (TPSA) is 37.3 Å². The molecule has 0 saturated heterocycles. The van der Waals surface area contributed by atoms with E-state index in [1.165, 1.54) is 51.4 Å². The molecule has 2 heteroatoms. The second-order valence-corrected chi connectivity index (χ2v) is 14.5. The Morgan fingerprint density at radius 1 is 1.00 bits per heavy atom. The Balaban J connectivity index is 1.32. The standard InChI is InChI=1S/C36H52O2/c1-24(2)10-9-11-25(3)31-16-17-32-29-15-14-28-23-27(30(34(37)38)22-26-12-7-6-8-13-26)18-20-35(28,4)33(29)19-21-36(31,32)5/h6-8,12-14,22,24-25,27,29,31-33H,9-11,15-21,23H2,1-5H3,(H,37,38)/t25-,27?,29?,31-,32?,33?,35+,36-/m1/s1. The molecule has 0 spiro atoms. The van der Waals surface area contributed by atoms with E-state index < -0.39 is 5.97 Å². The van der Waals surface area contributed by atoms with Crippen LogP contribution >= 0.6 is 0 Å². The maximum Gasteiger partial charge on any atom is 0.331 e. The Bertz CT molecular complexity index is 1050. The Morgan fingerprint density at radius 2 is 1.76 bits per heavy atom. The molecule has 4 aliphatic carbocycles. The summed E-state index contributed by atoms with van der Waals surface area (Å²) in [5, 5.41) is 10.1. The SMILES string of the molecule is CC(C)CCC[C@@H](C)[C@H]1CCC2C3CC=C4CC(C(=Cc5ccccc5)C(=O)O)CC[C@]4(C)C3CC[C@@]21C. The summed E-state index contributed by atoms with van der Waals surface area (Å²) >= 11 is 0. The molecule has 0 aliphatic heterocycles. The van der Waals surface area contributed by atoms with Gasteiger partial charge in [-0.2, -0.15) is 0 Å². The molecule has 2 nitrogen and oxygen atoms in total. The number of rotatable bonds is 8. The number of hydrogen-bond acceptors (Lipinski definition) is 1. The number of aliphatic carboxylic acids is 1. The summed E-state index contributed by atoms with van der Waals surface area (Å²) in [7, 11) is 0. The molecule has 3 fully saturated rings. The summed E-state index contributed by atoms with van der Waals surface area (Å²) in [6.07, 6.45) is 18.6. The number of hydrogen-bond donors (Lipinski definition) is 1. The fraction of sp³-hybridized carbons (Fsp3) is 0.694. The van der Waals surface area contributed by atoms with Gasteiger partial charge < -0.3 is 5.11 Å². The molecular weight excluding hydrogens is 464 g/mol. The Morgan fingerprint density at radius 3 is 2.47 bits per heavy atom. The van der Waals surface area contributed by atoms with E-state index >= 15 is 0 Å². The first-order valence-electron chi connectivity index (χ1n) is 15.8. The Kier molecular flexibility index (Phi) is 8.01. The van der Waals surface area contributed by atoms with E-state index in [0.717, 1.165) is 60.3 Å². The highest BCUT2D eigenvalue weighted by Gasteiger charge is 2.59. The molecule has 8 atom stereocenters. The van der Waals surface area contributed by atoms with Crippen LogP contribution in [0.4, 0.5) is 0 Å². The van der Waals surface area contributed by atoms with E-state index in [1.807, 2.05) is 36.4 Å².